The first-order valence-corrected chi connectivity index (χ1v) is 6.83. The Kier molecular flexibility index (Phi) is 4.70. The summed E-state index contributed by atoms with van der Waals surface area (Å²) in [5.74, 6) is 0. The van der Waals surface area contributed by atoms with Gasteiger partial charge in [-0.05, 0) is 30.9 Å². The SMILES string of the molecule is CCCNS(=O)(=O)c1ccc(B(O)O)c(C)c1. The Hall–Kier alpha value is -0.885. The molecule has 0 amide bonds. The lowest BCUT2D eigenvalue weighted by atomic mass is 9.77. The van der Waals surface area contributed by atoms with Gasteiger partial charge in [-0.1, -0.05) is 18.6 Å². The van der Waals surface area contributed by atoms with Crippen LogP contribution in [0.15, 0.2) is 23.1 Å². The largest absolute Gasteiger partial charge is 0.488 e. The number of rotatable bonds is 5. The van der Waals surface area contributed by atoms with Crippen LogP contribution in [0.1, 0.15) is 18.9 Å². The molecule has 1 rings (SSSR count). The van der Waals surface area contributed by atoms with Crippen LogP contribution in [0.2, 0.25) is 0 Å². The second-order valence-electron chi connectivity index (χ2n) is 3.79. The van der Waals surface area contributed by atoms with Crippen LogP contribution in [-0.4, -0.2) is 32.1 Å². The molecule has 7 heteroatoms. The first-order chi connectivity index (χ1) is 7.88. The van der Waals surface area contributed by atoms with Gasteiger partial charge < -0.3 is 10.0 Å². The minimum absolute atomic E-state index is 0.132. The third-order valence-electron chi connectivity index (χ3n) is 2.37. The molecule has 94 valence electrons. The molecule has 0 aliphatic heterocycles. The van der Waals surface area contributed by atoms with Gasteiger partial charge in [-0.25, -0.2) is 13.1 Å². The minimum Gasteiger partial charge on any atom is -0.423 e. The predicted octanol–water partition coefficient (Wildman–Crippen LogP) is -0.637. The highest BCUT2D eigenvalue weighted by Crippen LogP contribution is 2.09. The van der Waals surface area contributed by atoms with E-state index in [2.05, 4.69) is 4.72 Å². The fourth-order valence-electron chi connectivity index (χ4n) is 1.42. The quantitative estimate of drug-likeness (QED) is 0.612. The maximum Gasteiger partial charge on any atom is 0.488 e. The van der Waals surface area contributed by atoms with Crippen molar-refractivity contribution in [1.29, 1.82) is 0 Å². The standard InChI is InChI=1S/C10H16BNO4S/c1-3-6-12-17(15,16)9-4-5-10(11(13)14)8(2)7-9/h4-5,7,12-14H,3,6H2,1-2H3. The van der Waals surface area contributed by atoms with Crippen molar-refractivity contribution >= 4 is 22.6 Å². The summed E-state index contributed by atoms with van der Waals surface area (Å²) in [6.45, 7) is 3.89. The van der Waals surface area contributed by atoms with Crippen LogP contribution in [0.25, 0.3) is 0 Å². The molecule has 3 N–H and O–H groups in total. The maximum atomic E-state index is 11.8. The van der Waals surface area contributed by atoms with E-state index < -0.39 is 17.1 Å². The van der Waals surface area contributed by atoms with Crippen molar-refractivity contribution < 1.29 is 18.5 Å². The third kappa shape index (κ3) is 3.54. The number of hydrogen-bond donors (Lipinski definition) is 3. The molecular formula is C10H16BNO4S. The summed E-state index contributed by atoms with van der Waals surface area (Å²) in [5, 5.41) is 18.1. The Labute approximate surface area is 102 Å². The van der Waals surface area contributed by atoms with Gasteiger partial charge in [0, 0.05) is 6.54 Å². The van der Waals surface area contributed by atoms with Crippen LogP contribution in [0.4, 0.5) is 0 Å². The molecule has 0 saturated heterocycles. The normalized spacial score (nSPS) is 11.5. The van der Waals surface area contributed by atoms with Gasteiger partial charge in [0.05, 0.1) is 4.90 Å². The van der Waals surface area contributed by atoms with Gasteiger partial charge in [0.1, 0.15) is 0 Å². The van der Waals surface area contributed by atoms with Crippen molar-refractivity contribution in [1.82, 2.24) is 4.72 Å². The number of nitrogens with one attached hydrogen (secondary N) is 1. The van der Waals surface area contributed by atoms with Gasteiger partial charge in [-0.3, -0.25) is 0 Å². The summed E-state index contributed by atoms with van der Waals surface area (Å²) >= 11 is 0. The monoisotopic (exact) mass is 257 g/mol. The summed E-state index contributed by atoms with van der Waals surface area (Å²) in [4.78, 5) is 0.132. The van der Waals surface area contributed by atoms with Crippen LogP contribution >= 0.6 is 0 Å². The summed E-state index contributed by atoms with van der Waals surface area (Å²) in [6, 6.07) is 4.19. The number of aryl methyl sites for hydroxylation is 1. The summed E-state index contributed by atoms with van der Waals surface area (Å²) < 4.78 is 26.0. The highest BCUT2D eigenvalue weighted by Gasteiger charge is 2.18. The van der Waals surface area contributed by atoms with Crippen LogP contribution in [-0.2, 0) is 10.0 Å². The van der Waals surface area contributed by atoms with Crippen molar-refractivity contribution in [2.45, 2.75) is 25.2 Å². The molecule has 0 heterocycles. The zero-order valence-corrected chi connectivity index (χ0v) is 10.7. The van der Waals surface area contributed by atoms with E-state index in [1.807, 2.05) is 6.92 Å². The van der Waals surface area contributed by atoms with Crippen molar-refractivity contribution in [3.63, 3.8) is 0 Å². The first kappa shape index (κ1) is 14.2. The fourth-order valence-corrected chi connectivity index (χ4v) is 2.64. The average Bonchev–Trinajstić information content (AvgIpc) is 2.25. The second kappa shape index (κ2) is 5.64. The lowest BCUT2D eigenvalue weighted by Gasteiger charge is -2.09. The van der Waals surface area contributed by atoms with E-state index in [4.69, 9.17) is 10.0 Å². The average molecular weight is 257 g/mol. The number of sulfonamides is 1. The zero-order chi connectivity index (χ0) is 13.1. The minimum atomic E-state index is -3.50. The van der Waals surface area contributed by atoms with Crippen LogP contribution in [0.5, 0.6) is 0 Å². The predicted molar refractivity (Wildman–Crippen MR) is 66.5 cm³/mol. The molecule has 0 fully saturated rings. The Morgan fingerprint density at radius 3 is 2.47 bits per heavy atom. The zero-order valence-electron chi connectivity index (χ0n) is 9.84. The smallest absolute Gasteiger partial charge is 0.423 e. The molecule has 0 atom stereocenters. The lowest BCUT2D eigenvalue weighted by molar-refractivity contribution is 0.425. The lowest BCUT2D eigenvalue weighted by Crippen LogP contribution is -2.33. The Morgan fingerprint density at radius 2 is 2.00 bits per heavy atom. The molecule has 0 aromatic heterocycles. The fraction of sp³-hybridized carbons (Fsp3) is 0.400. The molecule has 0 radical (unpaired) electrons. The van der Waals surface area contributed by atoms with Crippen molar-refractivity contribution in [3.8, 4) is 0 Å². The Morgan fingerprint density at radius 1 is 1.35 bits per heavy atom. The molecule has 0 saturated carbocycles. The molecule has 1 aromatic carbocycles. The molecule has 0 aliphatic rings. The maximum absolute atomic E-state index is 11.8. The van der Waals surface area contributed by atoms with E-state index in [9.17, 15) is 8.42 Å². The molecule has 0 unspecified atom stereocenters. The number of hydrogen-bond acceptors (Lipinski definition) is 4. The first-order valence-electron chi connectivity index (χ1n) is 5.35. The topological polar surface area (TPSA) is 86.6 Å². The third-order valence-corrected chi connectivity index (χ3v) is 3.83. The molecule has 1 aromatic rings. The molecule has 0 bridgehead atoms. The molecule has 5 nitrogen and oxygen atoms in total. The van der Waals surface area contributed by atoms with Crippen LogP contribution in [0.3, 0.4) is 0 Å². The van der Waals surface area contributed by atoms with E-state index in [0.717, 1.165) is 0 Å². The van der Waals surface area contributed by atoms with Gasteiger partial charge in [-0.15, -0.1) is 0 Å². The van der Waals surface area contributed by atoms with Crippen molar-refractivity contribution in [2.24, 2.45) is 0 Å². The van der Waals surface area contributed by atoms with E-state index in [1.54, 1.807) is 6.92 Å². The van der Waals surface area contributed by atoms with E-state index in [1.165, 1.54) is 18.2 Å². The highest BCUT2D eigenvalue weighted by atomic mass is 32.2. The van der Waals surface area contributed by atoms with Gasteiger partial charge in [0.15, 0.2) is 0 Å². The molecule has 17 heavy (non-hydrogen) atoms. The van der Waals surface area contributed by atoms with Gasteiger partial charge in [0.2, 0.25) is 10.0 Å². The summed E-state index contributed by atoms with van der Waals surface area (Å²) in [7, 11) is -5.09. The van der Waals surface area contributed by atoms with Gasteiger partial charge in [0.25, 0.3) is 0 Å². The van der Waals surface area contributed by atoms with Gasteiger partial charge in [-0.2, -0.15) is 0 Å². The highest BCUT2D eigenvalue weighted by molar-refractivity contribution is 7.89. The second-order valence-corrected chi connectivity index (χ2v) is 5.56. The van der Waals surface area contributed by atoms with Crippen LogP contribution < -0.4 is 10.2 Å². The Bertz CT molecular complexity index is 487. The summed E-state index contributed by atoms with van der Waals surface area (Å²) in [6.07, 6.45) is 0.714. The number of benzene rings is 1. The molecular weight excluding hydrogens is 241 g/mol. The molecule has 0 spiro atoms. The Balaban J connectivity index is 3.05. The van der Waals surface area contributed by atoms with E-state index in [0.29, 0.717) is 24.0 Å². The van der Waals surface area contributed by atoms with Crippen molar-refractivity contribution in [3.05, 3.63) is 23.8 Å². The van der Waals surface area contributed by atoms with Crippen molar-refractivity contribution in [2.75, 3.05) is 6.54 Å². The molecule has 0 aliphatic carbocycles. The van der Waals surface area contributed by atoms with Crippen LogP contribution in [0, 0.1) is 6.92 Å². The van der Waals surface area contributed by atoms with Gasteiger partial charge >= 0.3 is 7.12 Å². The summed E-state index contributed by atoms with van der Waals surface area (Å²) in [5.41, 5.74) is 0.832. The van der Waals surface area contributed by atoms with E-state index >= 15 is 0 Å². The van der Waals surface area contributed by atoms with E-state index in [-0.39, 0.29) is 4.90 Å².